The zero-order valence-corrected chi connectivity index (χ0v) is 18.8. The van der Waals surface area contributed by atoms with E-state index in [1.165, 1.54) is 89.9 Å². The molecule has 0 rings (SSSR count). The lowest BCUT2D eigenvalue weighted by molar-refractivity contribution is 0.248. The third-order valence-electron chi connectivity index (χ3n) is 4.20. The molecule has 0 fully saturated rings. The van der Waals surface area contributed by atoms with Crippen LogP contribution in [-0.2, 0) is 9.09 Å². The Morgan fingerprint density at radius 3 is 1.15 bits per heavy atom. The van der Waals surface area contributed by atoms with Gasteiger partial charge in [-0.15, -0.1) is 0 Å². The number of hydrogen-bond donors (Lipinski definition) is 5. The predicted octanol–water partition coefficient (Wildman–Crippen LogP) is 5.55. The van der Waals surface area contributed by atoms with Gasteiger partial charge in [0.1, 0.15) is 0 Å². The van der Waals surface area contributed by atoms with Crippen LogP contribution in [0.3, 0.4) is 0 Å². The molecule has 0 spiro atoms. The zero-order valence-electron chi connectivity index (χ0n) is 17.0. The first-order chi connectivity index (χ1) is 12.8. The standard InChI is InChI=1S/C18H39O3P.H3O4P/c1-2-3-4-5-6-7-8-9-10-11-12-13-14-15-16-17-18-21-22(19)20;1-5(2,3)4/h19-20H,2-18H2,1H3;(H3,1,2,3,4). The third-order valence-corrected chi connectivity index (χ3v) is 4.62. The molecular formula is C18H42O7P2. The predicted molar refractivity (Wildman–Crippen MR) is 111 cm³/mol. The van der Waals surface area contributed by atoms with Crippen molar-refractivity contribution < 1.29 is 33.6 Å². The molecule has 0 aliphatic carbocycles. The molecule has 0 aliphatic rings. The van der Waals surface area contributed by atoms with Gasteiger partial charge in [-0.1, -0.05) is 103 Å². The van der Waals surface area contributed by atoms with Crippen LogP contribution in [0.25, 0.3) is 0 Å². The van der Waals surface area contributed by atoms with Crippen LogP contribution in [0.4, 0.5) is 0 Å². The summed E-state index contributed by atoms with van der Waals surface area (Å²) in [7, 11) is -6.78. The van der Waals surface area contributed by atoms with E-state index in [1.54, 1.807) is 0 Å². The average molecular weight is 432 g/mol. The van der Waals surface area contributed by atoms with Crippen LogP contribution in [0, 0.1) is 0 Å². The molecule has 0 aromatic rings. The van der Waals surface area contributed by atoms with Crippen LogP contribution in [0.2, 0.25) is 0 Å². The van der Waals surface area contributed by atoms with E-state index in [-0.39, 0.29) is 0 Å². The Labute approximate surface area is 166 Å². The molecule has 0 aromatic carbocycles. The molecule has 7 nitrogen and oxygen atoms in total. The van der Waals surface area contributed by atoms with Crippen molar-refractivity contribution in [2.24, 2.45) is 0 Å². The molecule has 9 heteroatoms. The monoisotopic (exact) mass is 432 g/mol. The summed E-state index contributed by atoms with van der Waals surface area (Å²) in [6, 6.07) is 0. The van der Waals surface area contributed by atoms with Gasteiger partial charge in [-0.05, 0) is 6.42 Å². The Kier molecular flexibility index (Phi) is 24.9. The zero-order chi connectivity index (χ0) is 20.8. The van der Waals surface area contributed by atoms with Crippen molar-refractivity contribution in [1.82, 2.24) is 0 Å². The van der Waals surface area contributed by atoms with E-state index >= 15 is 0 Å². The first-order valence-electron chi connectivity index (χ1n) is 10.4. The van der Waals surface area contributed by atoms with Crippen LogP contribution < -0.4 is 0 Å². The molecule has 0 atom stereocenters. The highest BCUT2D eigenvalue weighted by Gasteiger charge is 2.00. The Morgan fingerprint density at radius 2 is 0.889 bits per heavy atom. The van der Waals surface area contributed by atoms with E-state index in [4.69, 9.17) is 33.6 Å². The van der Waals surface area contributed by atoms with Crippen molar-refractivity contribution in [1.29, 1.82) is 0 Å². The Bertz CT molecular complexity index is 317. The van der Waals surface area contributed by atoms with Crippen LogP contribution in [0.15, 0.2) is 0 Å². The van der Waals surface area contributed by atoms with Gasteiger partial charge in [0.2, 0.25) is 0 Å². The molecule has 0 bridgehead atoms. The van der Waals surface area contributed by atoms with Crippen LogP contribution >= 0.6 is 16.4 Å². The Hall–Kier alpha value is 0.420. The maximum Gasteiger partial charge on any atom is 0.466 e. The fourth-order valence-electron chi connectivity index (χ4n) is 2.80. The lowest BCUT2D eigenvalue weighted by Gasteiger charge is -2.04. The minimum Gasteiger partial charge on any atom is -0.328 e. The number of phosphoric acid groups is 1. The van der Waals surface area contributed by atoms with E-state index in [2.05, 4.69) is 6.92 Å². The fraction of sp³-hybridized carbons (Fsp3) is 1.00. The first-order valence-corrected chi connectivity index (χ1v) is 13.1. The van der Waals surface area contributed by atoms with Crippen molar-refractivity contribution in [3.05, 3.63) is 0 Å². The molecule has 0 unspecified atom stereocenters. The summed E-state index contributed by atoms with van der Waals surface area (Å²) in [5, 5.41) is 0. The molecule has 27 heavy (non-hydrogen) atoms. The third kappa shape index (κ3) is 41.8. The minimum atomic E-state index is -4.64. The fourth-order valence-corrected chi connectivity index (χ4v) is 3.09. The average Bonchev–Trinajstić information content (AvgIpc) is 2.56. The van der Waals surface area contributed by atoms with Gasteiger partial charge >= 0.3 is 16.4 Å². The minimum absolute atomic E-state index is 0.483. The van der Waals surface area contributed by atoms with Crippen LogP contribution in [-0.4, -0.2) is 31.1 Å². The second-order valence-electron chi connectivity index (χ2n) is 6.90. The molecule has 0 saturated heterocycles. The van der Waals surface area contributed by atoms with E-state index in [0.717, 1.165) is 12.8 Å². The van der Waals surface area contributed by atoms with Gasteiger partial charge in [0, 0.05) is 0 Å². The molecule has 166 valence electrons. The highest BCUT2D eigenvalue weighted by Crippen LogP contribution is 2.26. The summed E-state index contributed by atoms with van der Waals surface area (Å²) < 4.78 is 13.6. The van der Waals surface area contributed by atoms with Gasteiger partial charge < -0.3 is 29.0 Å². The van der Waals surface area contributed by atoms with Crippen molar-refractivity contribution in [3.8, 4) is 0 Å². The molecule has 0 aliphatic heterocycles. The summed E-state index contributed by atoms with van der Waals surface area (Å²) in [6.45, 7) is 2.76. The summed E-state index contributed by atoms with van der Waals surface area (Å²) >= 11 is 0. The highest BCUT2D eigenvalue weighted by atomic mass is 31.2. The maximum atomic E-state index is 8.88. The first kappa shape index (κ1) is 29.6. The normalized spacial score (nSPS) is 11.5. The maximum absolute atomic E-state index is 8.88. The van der Waals surface area contributed by atoms with Crippen molar-refractivity contribution in [2.75, 3.05) is 6.61 Å². The molecule has 5 N–H and O–H groups in total. The lowest BCUT2D eigenvalue weighted by Crippen LogP contribution is -1.89. The van der Waals surface area contributed by atoms with E-state index in [0.29, 0.717) is 6.61 Å². The lowest BCUT2D eigenvalue weighted by atomic mass is 10.0. The summed E-state index contributed by atoms with van der Waals surface area (Å²) in [5.41, 5.74) is 0. The smallest absolute Gasteiger partial charge is 0.328 e. The van der Waals surface area contributed by atoms with Gasteiger partial charge in [0.25, 0.3) is 0 Å². The van der Waals surface area contributed by atoms with Crippen LogP contribution in [0.5, 0.6) is 0 Å². The molecule has 0 amide bonds. The Balaban J connectivity index is 0. The second-order valence-corrected chi connectivity index (χ2v) is 8.69. The van der Waals surface area contributed by atoms with Gasteiger partial charge in [-0.3, -0.25) is 0 Å². The van der Waals surface area contributed by atoms with E-state index in [1.807, 2.05) is 0 Å². The van der Waals surface area contributed by atoms with Crippen molar-refractivity contribution in [3.63, 3.8) is 0 Å². The topological polar surface area (TPSA) is 127 Å². The van der Waals surface area contributed by atoms with Crippen molar-refractivity contribution in [2.45, 2.75) is 110 Å². The summed E-state index contributed by atoms with van der Waals surface area (Å²) in [6.07, 6.45) is 21.6. The van der Waals surface area contributed by atoms with Gasteiger partial charge in [0.15, 0.2) is 0 Å². The van der Waals surface area contributed by atoms with Gasteiger partial charge in [0.05, 0.1) is 6.61 Å². The van der Waals surface area contributed by atoms with E-state index in [9.17, 15) is 0 Å². The molecule has 0 radical (unpaired) electrons. The van der Waals surface area contributed by atoms with Crippen LogP contribution in [0.1, 0.15) is 110 Å². The Morgan fingerprint density at radius 1 is 0.630 bits per heavy atom. The number of hydrogen-bond acceptors (Lipinski definition) is 4. The van der Waals surface area contributed by atoms with E-state index < -0.39 is 16.4 Å². The SMILES string of the molecule is CCCCCCCCCCCCCCCCCCOP(O)O.O=P(O)(O)O. The highest BCUT2D eigenvalue weighted by molar-refractivity contribution is 7.45. The largest absolute Gasteiger partial charge is 0.466 e. The molecule has 0 saturated carbocycles. The quantitative estimate of drug-likeness (QED) is 0.142. The molecule has 0 heterocycles. The summed E-state index contributed by atoms with van der Waals surface area (Å²) in [4.78, 5) is 38.7. The van der Waals surface area contributed by atoms with Crippen molar-refractivity contribution >= 4 is 16.4 Å². The summed E-state index contributed by atoms with van der Waals surface area (Å²) in [5.74, 6) is 0. The molecular weight excluding hydrogens is 390 g/mol. The number of rotatable bonds is 18. The molecule has 0 aromatic heterocycles. The number of unbranched alkanes of at least 4 members (excludes halogenated alkanes) is 15. The second kappa shape index (κ2) is 22.7. The van der Waals surface area contributed by atoms with Gasteiger partial charge in [-0.25, -0.2) is 4.57 Å². The van der Waals surface area contributed by atoms with Gasteiger partial charge in [-0.2, -0.15) is 0 Å².